The number of fused-ring (bicyclic) bond motifs is 1. The van der Waals surface area contributed by atoms with Crippen molar-refractivity contribution in [2.24, 2.45) is 11.0 Å². The van der Waals surface area contributed by atoms with Crippen molar-refractivity contribution in [2.45, 2.75) is 38.5 Å². The Kier molecular flexibility index (Phi) is 8.30. The van der Waals surface area contributed by atoms with Gasteiger partial charge in [0.25, 0.3) is 5.91 Å². The van der Waals surface area contributed by atoms with Crippen LogP contribution in [0.25, 0.3) is 10.2 Å². The van der Waals surface area contributed by atoms with Crippen molar-refractivity contribution < 1.29 is 17.9 Å². The molecule has 0 atom stereocenters. The van der Waals surface area contributed by atoms with Crippen molar-refractivity contribution in [3.63, 3.8) is 0 Å². The molecule has 0 aliphatic carbocycles. The third kappa shape index (κ3) is 6.09. The molecule has 10 heteroatoms. The van der Waals surface area contributed by atoms with E-state index in [1.54, 1.807) is 18.3 Å². The maximum absolute atomic E-state index is 13.7. The van der Waals surface area contributed by atoms with Gasteiger partial charge in [-0.25, -0.2) is 13.4 Å². The fraction of sp³-hybridized carbons (Fsp3) is 0.300. The second-order valence-electron chi connectivity index (χ2n) is 9.94. The molecule has 0 N–H and O–H groups in total. The van der Waals surface area contributed by atoms with Gasteiger partial charge in [-0.3, -0.25) is 4.79 Å². The van der Waals surface area contributed by atoms with E-state index in [1.807, 2.05) is 56.3 Å². The molecule has 4 aromatic rings. The fourth-order valence-corrected chi connectivity index (χ4v) is 7.00. The van der Waals surface area contributed by atoms with E-state index in [1.165, 1.54) is 32.8 Å². The Hall–Kier alpha value is -3.60. The minimum atomic E-state index is -3.62. The number of nitrogens with zero attached hydrogens (tertiary/aromatic N) is 4. The summed E-state index contributed by atoms with van der Waals surface area (Å²) in [6.07, 6.45) is 3.29. The van der Waals surface area contributed by atoms with E-state index in [2.05, 4.69) is 17.0 Å². The minimum absolute atomic E-state index is 0.179. The molecule has 8 nitrogen and oxygen atoms in total. The van der Waals surface area contributed by atoms with Crippen LogP contribution in [0.4, 0.5) is 5.13 Å². The topological polar surface area (TPSA) is 92.2 Å². The van der Waals surface area contributed by atoms with Crippen LogP contribution in [0.15, 0.2) is 76.7 Å². The summed E-state index contributed by atoms with van der Waals surface area (Å²) in [5.41, 5.74) is 2.97. The van der Waals surface area contributed by atoms with Crippen LogP contribution in [0.2, 0.25) is 0 Å². The zero-order chi connectivity index (χ0) is 28.3. The standard InChI is InChI=1S/C30H32N4O4S2/c1-4-38-25-10-6-23(7-11-25)20-31-34(30-32-27-14-5-22(3)19-28(27)39-30)29(35)24-8-12-26(13-9-24)40(36,37)33-17-15-21(2)16-18-33/h5-14,19-21H,4,15-18H2,1-3H3/b31-20+. The Labute approximate surface area is 239 Å². The van der Waals surface area contributed by atoms with E-state index in [0.29, 0.717) is 36.3 Å². The van der Waals surface area contributed by atoms with Crippen LogP contribution in [0.3, 0.4) is 0 Å². The van der Waals surface area contributed by atoms with E-state index < -0.39 is 15.9 Å². The minimum Gasteiger partial charge on any atom is -0.494 e. The Bertz CT molecular complexity index is 1620. The number of amides is 1. The van der Waals surface area contributed by atoms with Crippen molar-refractivity contribution in [3.8, 4) is 5.75 Å². The first-order valence-electron chi connectivity index (χ1n) is 13.3. The van der Waals surface area contributed by atoms with Gasteiger partial charge in [0.15, 0.2) is 0 Å². The monoisotopic (exact) mass is 576 g/mol. The highest BCUT2D eigenvalue weighted by Crippen LogP contribution is 2.31. The number of hydrogen-bond donors (Lipinski definition) is 0. The number of aromatic nitrogens is 1. The van der Waals surface area contributed by atoms with Crippen molar-refractivity contribution in [2.75, 3.05) is 24.7 Å². The molecule has 5 rings (SSSR count). The van der Waals surface area contributed by atoms with E-state index in [-0.39, 0.29) is 4.90 Å². The summed E-state index contributed by atoms with van der Waals surface area (Å²) in [7, 11) is -3.62. The van der Waals surface area contributed by atoms with Gasteiger partial charge in [-0.15, -0.1) is 0 Å². The number of piperidine rings is 1. The summed E-state index contributed by atoms with van der Waals surface area (Å²) in [6.45, 7) is 7.66. The molecule has 2 heterocycles. The van der Waals surface area contributed by atoms with Crippen LogP contribution < -0.4 is 9.75 Å². The molecule has 0 radical (unpaired) electrons. The molecule has 1 aliphatic heterocycles. The summed E-state index contributed by atoms with van der Waals surface area (Å²) in [6, 6.07) is 19.4. The third-order valence-corrected chi connectivity index (χ3v) is 9.81. The lowest BCUT2D eigenvalue weighted by Crippen LogP contribution is -2.37. The van der Waals surface area contributed by atoms with Gasteiger partial charge in [0.1, 0.15) is 5.75 Å². The van der Waals surface area contributed by atoms with Gasteiger partial charge in [-0.2, -0.15) is 14.4 Å². The number of carbonyl (C=O) groups is 1. The predicted molar refractivity (Wildman–Crippen MR) is 160 cm³/mol. The SMILES string of the molecule is CCOc1ccc(/C=N/N(C(=O)c2ccc(S(=O)(=O)N3CCC(C)CC3)cc2)c2nc3ccc(C)cc3s2)cc1. The van der Waals surface area contributed by atoms with Crippen molar-refractivity contribution in [1.29, 1.82) is 0 Å². The summed E-state index contributed by atoms with van der Waals surface area (Å²) in [5.74, 6) is 0.865. The maximum Gasteiger partial charge on any atom is 0.280 e. The number of hydrogen-bond acceptors (Lipinski definition) is 7. The molecule has 1 aliphatic rings. The van der Waals surface area contributed by atoms with Gasteiger partial charge in [0, 0.05) is 18.7 Å². The summed E-state index contributed by atoms with van der Waals surface area (Å²) in [5, 5.41) is 6.22. The fourth-order valence-electron chi connectivity index (χ4n) is 4.51. The zero-order valence-corrected chi connectivity index (χ0v) is 24.4. The Morgan fingerprint density at radius 3 is 2.48 bits per heavy atom. The molecule has 1 aromatic heterocycles. The first kappa shape index (κ1) is 27.9. The third-order valence-electron chi connectivity index (χ3n) is 6.90. The number of thiazole rings is 1. The second kappa shape index (κ2) is 11.9. The van der Waals surface area contributed by atoms with Gasteiger partial charge in [-0.05, 0) is 104 Å². The number of benzene rings is 3. The molecule has 0 bridgehead atoms. The Morgan fingerprint density at radius 2 is 1.80 bits per heavy atom. The van der Waals surface area contributed by atoms with Gasteiger partial charge in [-0.1, -0.05) is 24.3 Å². The highest BCUT2D eigenvalue weighted by atomic mass is 32.2. The lowest BCUT2D eigenvalue weighted by atomic mass is 10.0. The molecular formula is C30H32N4O4S2. The smallest absolute Gasteiger partial charge is 0.280 e. The zero-order valence-electron chi connectivity index (χ0n) is 22.8. The number of rotatable bonds is 8. The largest absolute Gasteiger partial charge is 0.494 e. The van der Waals surface area contributed by atoms with Crippen LogP contribution in [0, 0.1) is 12.8 Å². The highest BCUT2D eigenvalue weighted by molar-refractivity contribution is 7.89. The molecule has 0 saturated carbocycles. The van der Waals surface area contributed by atoms with Crippen molar-refractivity contribution in [3.05, 3.63) is 83.4 Å². The van der Waals surface area contributed by atoms with E-state index >= 15 is 0 Å². The molecular weight excluding hydrogens is 544 g/mol. The van der Waals surface area contributed by atoms with Gasteiger partial charge >= 0.3 is 0 Å². The van der Waals surface area contributed by atoms with Gasteiger partial charge < -0.3 is 4.74 Å². The average Bonchev–Trinajstić information content (AvgIpc) is 3.37. The quantitative estimate of drug-likeness (QED) is 0.187. The van der Waals surface area contributed by atoms with Crippen LogP contribution in [0.1, 0.15) is 48.2 Å². The molecule has 3 aromatic carbocycles. The van der Waals surface area contributed by atoms with Gasteiger partial charge in [0.05, 0.1) is 27.9 Å². The number of anilines is 1. The molecule has 1 fully saturated rings. The normalized spacial score (nSPS) is 15.1. The van der Waals surface area contributed by atoms with E-state index in [4.69, 9.17) is 4.74 Å². The molecule has 1 saturated heterocycles. The summed E-state index contributed by atoms with van der Waals surface area (Å²) in [4.78, 5) is 18.6. The van der Waals surface area contributed by atoms with Crippen molar-refractivity contribution >= 4 is 48.8 Å². The second-order valence-corrected chi connectivity index (χ2v) is 12.9. The van der Waals surface area contributed by atoms with Gasteiger partial charge in [0.2, 0.25) is 15.2 Å². The molecule has 0 spiro atoms. The van der Waals surface area contributed by atoms with Crippen LogP contribution in [-0.2, 0) is 10.0 Å². The first-order valence-corrected chi connectivity index (χ1v) is 15.6. The number of hydrazone groups is 1. The number of aryl methyl sites for hydroxylation is 1. The first-order chi connectivity index (χ1) is 19.2. The van der Waals surface area contributed by atoms with E-state index in [0.717, 1.165) is 39.9 Å². The number of sulfonamides is 1. The van der Waals surface area contributed by atoms with Crippen molar-refractivity contribution in [1.82, 2.24) is 9.29 Å². The van der Waals surface area contributed by atoms with Crippen LogP contribution >= 0.6 is 11.3 Å². The Morgan fingerprint density at radius 1 is 1.10 bits per heavy atom. The lowest BCUT2D eigenvalue weighted by Gasteiger charge is -2.29. The number of ether oxygens (including phenoxy) is 1. The highest BCUT2D eigenvalue weighted by Gasteiger charge is 2.29. The molecule has 1 amide bonds. The van der Waals surface area contributed by atoms with Crippen LogP contribution in [0.5, 0.6) is 5.75 Å². The summed E-state index contributed by atoms with van der Waals surface area (Å²) >= 11 is 1.37. The maximum atomic E-state index is 13.7. The van der Waals surface area contributed by atoms with Crippen LogP contribution in [-0.4, -0.2) is 49.5 Å². The predicted octanol–water partition coefficient (Wildman–Crippen LogP) is 6.10. The van der Waals surface area contributed by atoms with E-state index in [9.17, 15) is 13.2 Å². The summed E-state index contributed by atoms with van der Waals surface area (Å²) < 4.78 is 34.3. The average molecular weight is 577 g/mol. The molecule has 40 heavy (non-hydrogen) atoms. The molecule has 208 valence electrons. The Balaban J connectivity index is 1.44. The number of carbonyl (C=O) groups excluding carboxylic acids is 1. The lowest BCUT2D eigenvalue weighted by molar-refractivity contribution is 0.0987. The molecule has 0 unspecified atom stereocenters.